The maximum atomic E-state index is 13.2. The van der Waals surface area contributed by atoms with Crippen LogP contribution in [0.1, 0.15) is 49.0 Å². The van der Waals surface area contributed by atoms with Gasteiger partial charge in [-0.1, -0.05) is 12.5 Å². The Hall–Kier alpha value is -4.39. The van der Waals surface area contributed by atoms with Crippen molar-refractivity contribution in [2.75, 3.05) is 26.0 Å². The molecule has 1 aliphatic carbocycles. The van der Waals surface area contributed by atoms with Crippen molar-refractivity contribution < 1.29 is 23.9 Å². The van der Waals surface area contributed by atoms with E-state index in [1.54, 1.807) is 6.07 Å². The Balaban J connectivity index is 1.42. The summed E-state index contributed by atoms with van der Waals surface area (Å²) in [5, 5.41) is 8.29. The highest BCUT2D eigenvalue weighted by atomic mass is 16.5. The van der Waals surface area contributed by atoms with E-state index in [1.807, 2.05) is 7.05 Å². The Bertz CT molecular complexity index is 1360. The van der Waals surface area contributed by atoms with Gasteiger partial charge in [0.05, 0.1) is 19.5 Å². The molecular formula is C29H37N7O6. The average Bonchev–Trinajstić information content (AvgIpc) is 2.99. The molecule has 2 bridgehead atoms. The number of carbonyl (C=O) groups excluding carboxylic acids is 4. The number of hydrogen-bond donors (Lipinski definition) is 3. The second-order valence-electron chi connectivity index (χ2n) is 10.7. The van der Waals surface area contributed by atoms with Gasteiger partial charge in [0.1, 0.15) is 24.0 Å². The molecule has 2 aromatic heterocycles. The fraction of sp³-hybridized carbons (Fsp3) is 0.483. The van der Waals surface area contributed by atoms with Crippen LogP contribution in [0.3, 0.4) is 0 Å². The van der Waals surface area contributed by atoms with Crippen LogP contribution in [-0.2, 0) is 25.7 Å². The number of rotatable bonds is 11. The van der Waals surface area contributed by atoms with Gasteiger partial charge in [-0.25, -0.2) is 9.78 Å². The molecule has 2 aliphatic rings. The van der Waals surface area contributed by atoms with Crippen molar-refractivity contribution in [1.29, 1.82) is 0 Å². The van der Waals surface area contributed by atoms with Crippen LogP contribution in [-0.4, -0.2) is 76.0 Å². The summed E-state index contributed by atoms with van der Waals surface area (Å²) in [6, 6.07) is 1.93. The van der Waals surface area contributed by atoms with E-state index in [0.717, 1.165) is 19.4 Å². The topological polar surface area (TPSA) is 165 Å². The summed E-state index contributed by atoms with van der Waals surface area (Å²) in [6.45, 7) is 0.740. The van der Waals surface area contributed by atoms with Gasteiger partial charge in [0, 0.05) is 31.2 Å². The highest BCUT2D eigenvalue weighted by Crippen LogP contribution is 2.36. The summed E-state index contributed by atoms with van der Waals surface area (Å²) in [6.07, 6.45) is 13.1. The second-order valence-corrected chi connectivity index (χ2v) is 10.7. The first-order chi connectivity index (χ1) is 20.2. The lowest BCUT2D eigenvalue weighted by Gasteiger charge is -2.46. The number of esters is 1. The number of nitrogens with zero attached hydrogens (tertiary/aromatic N) is 4. The van der Waals surface area contributed by atoms with Crippen molar-refractivity contribution in [2.24, 2.45) is 11.8 Å². The number of allylic oxidation sites excluding steroid dienone is 1. The number of amides is 3. The number of carbonyl (C=O) groups is 4. The molecular weight excluding hydrogens is 542 g/mol. The van der Waals surface area contributed by atoms with Gasteiger partial charge in [-0.3, -0.25) is 29.1 Å². The van der Waals surface area contributed by atoms with Crippen molar-refractivity contribution in [2.45, 2.75) is 57.3 Å². The molecule has 0 radical (unpaired) electrons. The molecule has 3 heterocycles. The highest BCUT2D eigenvalue weighted by Gasteiger charge is 2.37. The largest absolute Gasteiger partial charge is 0.466 e. The number of pyridine rings is 1. The fourth-order valence-corrected chi connectivity index (χ4v) is 5.66. The first-order valence-corrected chi connectivity index (χ1v) is 14.1. The molecule has 4 rings (SSSR count). The summed E-state index contributed by atoms with van der Waals surface area (Å²) >= 11 is 0. The summed E-state index contributed by atoms with van der Waals surface area (Å²) in [4.78, 5) is 73.5. The zero-order valence-electron chi connectivity index (χ0n) is 23.8. The maximum Gasteiger partial charge on any atom is 0.330 e. The molecule has 0 spiro atoms. The first-order valence-electron chi connectivity index (χ1n) is 14.1. The smallest absolute Gasteiger partial charge is 0.330 e. The first kappa shape index (κ1) is 30.6. The molecule has 13 heteroatoms. The molecule has 3 N–H and O–H groups in total. The van der Waals surface area contributed by atoms with E-state index in [0.29, 0.717) is 11.8 Å². The Morgan fingerprint density at radius 2 is 2.05 bits per heavy atom. The molecule has 2 aromatic rings. The molecule has 13 nitrogen and oxygen atoms in total. The molecule has 42 heavy (non-hydrogen) atoms. The van der Waals surface area contributed by atoms with Crippen LogP contribution < -0.4 is 21.5 Å². The van der Waals surface area contributed by atoms with Gasteiger partial charge in [-0.15, -0.1) is 0 Å². The Morgan fingerprint density at radius 3 is 2.81 bits per heavy atom. The number of anilines is 1. The van der Waals surface area contributed by atoms with Gasteiger partial charge in [0.2, 0.25) is 11.8 Å². The lowest BCUT2D eigenvalue weighted by Crippen LogP contribution is -2.57. The maximum absolute atomic E-state index is 13.2. The third-order valence-corrected chi connectivity index (χ3v) is 7.69. The standard InChI is InChI=1S/C29H37N7O6/c1-35-17-19-7-5-8-20(15-19)26(35)34-24(37)18-36-14-6-10-22(29(36)41)33-27(39)21(9-3-4-11-25(38)42-2)32-28(40)23-16-30-12-13-31-23/h4,6,10-14,16,19-21,26H,3,5,7-9,15,17-18H2,1-2H3,(H,32,40)(H,33,39)(H,34,37)/b11-4+. The summed E-state index contributed by atoms with van der Waals surface area (Å²) in [5.41, 5.74) is -0.578. The molecule has 4 atom stereocenters. The lowest BCUT2D eigenvalue weighted by molar-refractivity contribution is -0.134. The van der Waals surface area contributed by atoms with Crippen LogP contribution >= 0.6 is 0 Å². The Kier molecular flexibility index (Phi) is 10.5. The number of nitrogens with one attached hydrogen (secondary N) is 3. The second kappa shape index (κ2) is 14.5. The molecule has 3 amide bonds. The van der Waals surface area contributed by atoms with Gasteiger partial charge in [0.15, 0.2) is 0 Å². The van der Waals surface area contributed by atoms with Crippen LogP contribution in [0.2, 0.25) is 0 Å². The fourth-order valence-electron chi connectivity index (χ4n) is 5.66. The number of fused-ring (bicyclic) bond motifs is 2. The van der Waals surface area contributed by atoms with E-state index in [4.69, 9.17) is 0 Å². The molecule has 0 aromatic carbocycles. The van der Waals surface area contributed by atoms with Crippen LogP contribution in [0.15, 0.2) is 53.9 Å². The summed E-state index contributed by atoms with van der Waals surface area (Å²) in [5.74, 6) is -1.04. The third kappa shape index (κ3) is 8.09. The van der Waals surface area contributed by atoms with E-state index in [9.17, 15) is 24.0 Å². The number of aromatic nitrogens is 3. The molecule has 224 valence electrons. The lowest BCUT2D eigenvalue weighted by atomic mass is 9.76. The van der Waals surface area contributed by atoms with E-state index in [2.05, 4.69) is 35.6 Å². The zero-order valence-corrected chi connectivity index (χ0v) is 23.8. The third-order valence-electron chi connectivity index (χ3n) is 7.69. The number of piperidine rings is 1. The highest BCUT2D eigenvalue weighted by molar-refractivity contribution is 6.00. The summed E-state index contributed by atoms with van der Waals surface area (Å²) < 4.78 is 5.81. The van der Waals surface area contributed by atoms with Gasteiger partial charge >= 0.3 is 5.97 Å². The average molecular weight is 580 g/mol. The monoisotopic (exact) mass is 579 g/mol. The van der Waals surface area contributed by atoms with Crippen LogP contribution in [0.25, 0.3) is 0 Å². The van der Waals surface area contributed by atoms with Crippen LogP contribution in [0, 0.1) is 11.8 Å². The van der Waals surface area contributed by atoms with E-state index < -0.39 is 29.4 Å². The normalized spacial score (nSPS) is 20.9. The SMILES string of the molecule is COC(=O)/C=C/CCC(NC(=O)c1cnccn1)C(=O)Nc1cccn(CC(=O)NC2C3CCCC(C3)CN2C)c1=O. The molecule has 1 saturated heterocycles. The quantitative estimate of drug-likeness (QED) is 0.261. The van der Waals surface area contributed by atoms with Gasteiger partial charge in [-0.2, -0.15) is 0 Å². The predicted octanol–water partition coefficient (Wildman–Crippen LogP) is 1.08. The number of likely N-dealkylation sites (tertiary alicyclic amines) is 1. The predicted molar refractivity (Wildman–Crippen MR) is 153 cm³/mol. The molecule has 4 unspecified atom stereocenters. The molecule has 1 saturated carbocycles. The minimum atomic E-state index is -1.07. The van der Waals surface area contributed by atoms with Crippen LogP contribution in [0.5, 0.6) is 0 Å². The van der Waals surface area contributed by atoms with Crippen molar-refractivity contribution in [3.05, 3.63) is 65.1 Å². The number of methoxy groups -OCH3 is 1. The Labute approximate surface area is 243 Å². The van der Waals surface area contributed by atoms with Crippen molar-refractivity contribution in [1.82, 2.24) is 30.1 Å². The van der Waals surface area contributed by atoms with Crippen molar-refractivity contribution in [3.8, 4) is 0 Å². The van der Waals surface area contributed by atoms with Gasteiger partial charge in [0.25, 0.3) is 11.5 Å². The number of ether oxygens (including phenoxy) is 1. The summed E-state index contributed by atoms with van der Waals surface area (Å²) in [7, 11) is 3.27. The van der Waals surface area contributed by atoms with Crippen molar-refractivity contribution >= 4 is 29.4 Å². The minimum absolute atomic E-state index is 0.0147. The molecule has 2 fully saturated rings. The van der Waals surface area contributed by atoms with E-state index in [1.165, 1.54) is 67.5 Å². The minimum Gasteiger partial charge on any atom is -0.466 e. The van der Waals surface area contributed by atoms with Gasteiger partial charge < -0.3 is 25.3 Å². The zero-order chi connectivity index (χ0) is 30.1. The van der Waals surface area contributed by atoms with Crippen LogP contribution in [0.4, 0.5) is 5.69 Å². The number of hydrogen-bond acceptors (Lipinski definition) is 9. The van der Waals surface area contributed by atoms with Gasteiger partial charge in [-0.05, 0) is 63.1 Å². The Morgan fingerprint density at radius 1 is 1.21 bits per heavy atom. The van der Waals surface area contributed by atoms with E-state index in [-0.39, 0.29) is 42.8 Å². The van der Waals surface area contributed by atoms with E-state index >= 15 is 0 Å². The molecule has 1 aliphatic heterocycles. The van der Waals surface area contributed by atoms with Crippen molar-refractivity contribution in [3.63, 3.8) is 0 Å².